The van der Waals surface area contributed by atoms with E-state index < -0.39 is 6.03 Å². The van der Waals surface area contributed by atoms with Crippen molar-refractivity contribution in [3.05, 3.63) is 52.1 Å². The Bertz CT molecular complexity index is 1090. The second-order valence-electron chi connectivity index (χ2n) is 5.94. The van der Waals surface area contributed by atoms with Crippen molar-refractivity contribution in [2.75, 3.05) is 17.4 Å². The SMILES string of the molecule is Cc1cc(=O)[nH]c(-n2nc(C)cc2NC(=O)Nc2ccc3c(c2)OCO3)n1. The summed E-state index contributed by atoms with van der Waals surface area (Å²) in [5.74, 6) is 1.77. The maximum Gasteiger partial charge on any atom is 0.324 e. The molecule has 3 aromatic rings. The van der Waals surface area contributed by atoms with Gasteiger partial charge in [0, 0.05) is 29.6 Å². The number of hydrogen-bond donors (Lipinski definition) is 3. The molecule has 1 aromatic carbocycles. The number of aromatic amines is 1. The van der Waals surface area contributed by atoms with Gasteiger partial charge >= 0.3 is 6.03 Å². The minimum atomic E-state index is -0.481. The Balaban J connectivity index is 1.56. The van der Waals surface area contributed by atoms with Gasteiger partial charge < -0.3 is 14.8 Å². The van der Waals surface area contributed by atoms with E-state index in [2.05, 4.69) is 25.7 Å². The Morgan fingerprint density at radius 2 is 1.93 bits per heavy atom. The van der Waals surface area contributed by atoms with Crippen molar-refractivity contribution in [3.63, 3.8) is 0 Å². The van der Waals surface area contributed by atoms with Gasteiger partial charge in [0.1, 0.15) is 5.82 Å². The van der Waals surface area contributed by atoms with Crippen LogP contribution in [-0.2, 0) is 0 Å². The van der Waals surface area contributed by atoms with Gasteiger partial charge in [-0.3, -0.25) is 15.1 Å². The van der Waals surface area contributed by atoms with Crippen LogP contribution >= 0.6 is 0 Å². The topological polar surface area (TPSA) is 123 Å². The van der Waals surface area contributed by atoms with Crippen molar-refractivity contribution < 1.29 is 14.3 Å². The quantitative estimate of drug-likeness (QED) is 0.649. The van der Waals surface area contributed by atoms with Crippen LogP contribution in [0.1, 0.15) is 11.4 Å². The molecule has 0 saturated heterocycles. The molecule has 4 rings (SSSR count). The summed E-state index contributed by atoms with van der Waals surface area (Å²) in [6, 6.07) is 7.65. The van der Waals surface area contributed by atoms with Gasteiger partial charge in [0.05, 0.1) is 5.69 Å². The molecule has 3 N–H and O–H groups in total. The molecule has 0 aliphatic carbocycles. The lowest BCUT2D eigenvalue weighted by Crippen LogP contribution is -2.22. The molecule has 1 aliphatic rings. The average molecular weight is 368 g/mol. The van der Waals surface area contributed by atoms with Crippen LogP contribution < -0.4 is 25.7 Å². The first-order chi connectivity index (χ1) is 13.0. The van der Waals surface area contributed by atoms with Crippen LogP contribution in [0.5, 0.6) is 11.5 Å². The number of urea groups is 1. The van der Waals surface area contributed by atoms with Gasteiger partial charge in [0.25, 0.3) is 5.56 Å². The Morgan fingerprint density at radius 3 is 2.74 bits per heavy atom. The van der Waals surface area contributed by atoms with Gasteiger partial charge in [-0.2, -0.15) is 9.78 Å². The first-order valence-electron chi connectivity index (χ1n) is 8.10. The number of ether oxygens (including phenoxy) is 2. The maximum absolute atomic E-state index is 12.4. The smallest absolute Gasteiger partial charge is 0.324 e. The zero-order valence-corrected chi connectivity index (χ0v) is 14.6. The van der Waals surface area contributed by atoms with Gasteiger partial charge in [-0.05, 0) is 26.0 Å². The van der Waals surface area contributed by atoms with Crippen molar-refractivity contribution in [2.45, 2.75) is 13.8 Å². The summed E-state index contributed by atoms with van der Waals surface area (Å²) in [6.45, 7) is 3.63. The molecule has 1 aliphatic heterocycles. The molecule has 27 heavy (non-hydrogen) atoms. The van der Waals surface area contributed by atoms with Crippen LogP contribution in [-0.4, -0.2) is 32.6 Å². The third-order valence-corrected chi connectivity index (χ3v) is 3.76. The molecule has 0 bridgehead atoms. The number of nitrogens with zero attached hydrogens (tertiary/aromatic N) is 3. The summed E-state index contributed by atoms with van der Waals surface area (Å²) in [4.78, 5) is 30.9. The standard InChI is InChI=1S/C17H16N6O4/c1-9-6-15(24)21-16(18-9)23-14(5-10(2)22-23)20-17(25)19-11-3-4-12-13(7-11)27-8-26-12/h3-7H,8H2,1-2H3,(H,18,21,24)(H2,19,20,25). The molecule has 0 radical (unpaired) electrons. The summed E-state index contributed by atoms with van der Waals surface area (Å²) in [7, 11) is 0. The Hall–Kier alpha value is -3.82. The number of carbonyl (C=O) groups excluding carboxylic acids is 1. The van der Waals surface area contributed by atoms with Crippen molar-refractivity contribution in [3.8, 4) is 17.4 Å². The molecular formula is C17H16N6O4. The summed E-state index contributed by atoms with van der Waals surface area (Å²) >= 11 is 0. The fourth-order valence-corrected chi connectivity index (χ4v) is 2.67. The number of aromatic nitrogens is 4. The molecule has 2 aromatic heterocycles. The molecular weight excluding hydrogens is 352 g/mol. The number of nitrogens with one attached hydrogen (secondary N) is 3. The minimum Gasteiger partial charge on any atom is -0.454 e. The lowest BCUT2D eigenvalue weighted by molar-refractivity contribution is 0.174. The van der Waals surface area contributed by atoms with Crippen molar-refractivity contribution in [1.82, 2.24) is 19.7 Å². The summed E-state index contributed by atoms with van der Waals surface area (Å²) in [5.41, 5.74) is 1.43. The van der Waals surface area contributed by atoms with Crippen LogP contribution in [0, 0.1) is 13.8 Å². The molecule has 0 atom stereocenters. The predicted molar refractivity (Wildman–Crippen MR) is 96.7 cm³/mol. The molecule has 2 amide bonds. The van der Waals surface area contributed by atoms with Crippen LogP contribution in [0.15, 0.2) is 35.1 Å². The fraction of sp³-hybridized carbons (Fsp3) is 0.176. The van der Waals surface area contributed by atoms with Crippen LogP contribution in [0.3, 0.4) is 0 Å². The van der Waals surface area contributed by atoms with Gasteiger partial charge in [-0.15, -0.1) is 0 Å². The second kappa shape index (κ2) is 6.48. The van der Waals surface area contributed by atoms with Crippen LogP contribution in [0.4, 0.5) is 16.3 Å². The third-order valence-electron chi connectivity index (χ3n) is 3.76. The number of aryl methyl sites for hydroxylation is 2. The number of benzene rings is 1. The van der Waals surface area contributed by atoms with E-state index in [9.17, 15) is 9.59 Å². The number of anilines is 2. The van der Waals surface area contributed by atoms with E-state index in [4.69, 9.17) is 9.47 Å². The molecule has 0 saturated carbocycles. The molecule has 0 spiro atoms. The lowest BCUT2D eigenvalue weighted by Gasteiger charge is -2.10. The Labute approximate surface area is 153 Å². The lowest BCUT2D eigenvalue weighted by atomic mass is 10.3. The van der Waals surface area contributed by atoms with Crippen molar-refractivity contribution in [2.24, 2.45) is 0 Å². The predicted octanol–water partition coefficient (Wildman–Crippen LogP) is 1.95. The van der Waals surface area contributed by atoms with Crippen LogP contribution in [0.2, 0.25) is 0 Å². The summed E-state index contributed by atoms with van der Waals surface area (Å²) in [6.07, 6.45) is 0. The number of hydrogen-bond acceptors (Lipinski definition) is 6. The molecule has 3 heterocycles. The maximum atomic E-state index is 12.4. The van der Waals surface area contributed by atoms with Crippen molar-refractivity contribution >= 4 is 17.5 Å². The zero-order chi connectivity index (χ0) is 19.0. The minimum absolute atomic E-state index is 0.158. The first kappa shape index (κ1) is 16.6. The van der Waals surface area contributed by atoms with E-state index >= 15 is 0 Å². The zero-order valence-electron chi connectivity index (χ0n) is 14.6. The van der Waals surface area contributed by atoms with Crippen LogP contribution in [0.25, 0.3) is 5.95 Å². The van der Waals surface area contributed by atoms with E-state index in [1.54, 1.807) is 38.1 Å². The largest absolute Gasteiger partial charge is 0.454 e. The number of rotatable bonds is 3. The molecule has 10 heteroatoms. The average Bonchev–Trinajstić information content (AvgIpc) is 3.19. The van der Waals surface area contributed by atoms with Crippen molar-refractivity contribution in [1.29, 1.82) is 0 Å². The Kier molecular flexibility index (Phi) is 3.99. The molecule has 10 nitrogen and oxygen atoms in total. The first-order valence-corrected chi connectivity index (χ1v) is 8.10. The molecule has 138 valence electrons. The number of carbonyl (C=O) groups is 1. The Morgan fingerprint density at radius 1 is 1.11 bits per heavy atom. The third kappa shape index (κ3) is 3.45. The highest BCUT2D eigenvalue weighted by molar-refractivity contribution is 5.99. The number of H-pyrrole nitrogens is 1. The molecule has 0 unspecified atom stereocenters. The fourth-order valence-electron chi connectivity index (χ4n) is 2.67. The van der Waals surface area contributed by atoms with Gasteiger partial charge in [0.2, 0.25) is 12.7 Å². The highest BCUT2D eigenvalue weighted by Crippen LogP contribution is 2.34. The monoisotopic (exact) mass is 368 g/mol. The van der Waals surface area contributed by atoms with E-state index in [0.717, 1.165) is 0 Å². The highest BCUT2D eigenvalue weighted by Gasteiger charge is 2.16. The summed E-state index contributed by atoms with van der Waals surface area (Å²) in [5, 5.41) is 9.69. The van der Waals surface area contributed by atoms with E-state index in [0.29, 0.717) is 34.4 Å². The number of amides is 2. The van der Waals surface area contributed by atoms with Gasteiger partial charge in [0.15, 0.2) is 11.5 Å². The van der Waals surface area contributed by atoms with E-state index in [1.807, 2.05) is 0 Å². The highest BCUT2D eigenvalue weighted by atomic mass is 16.7. The van der Waals surface area contributed by atoms with E-state index in [-0.39, 0.29) is 18.3 Å². The van der Waals surface area contributed by atoms with Gasteiger partial charge in [-0.1, -0.05) is 0 Å². The normalized spacial score (nSPS) is 12.1. The summed E-state index contributed by atoms with van der Waals surface area (Å²) < 4.78 is 11.9. The second-order valence-corrected chi connectivity index (χ2v) is 5.94. The van der Waals surface area contributed by atoms with Gasteiger partial charge in [-0.25, -0.2) is 9.78 Å². The number of fused-ring (bicyclic) bond motifs is 1. The van der Waals surface area contributed by atoms with E-state index in [1.165, 1.54) is 10.7 Å². The molecule has 0 fully saturated rings.